The average Bonchev–Trinajstić information content (AvgIpc) is 2.73. The number of para-hydroxylation sites is 1. The minimum atomic E-state index is -0.627. The first-order valence-corrected chi connectivity index (χ1v) is 8.98. The lowest BCUT2D eigenvalue weighted by Crippen LogP contribution is -2.44. The lowest BCUT2D eigenvalue weighted by Gasteiger charge is -2.19. The minimum Gasteiger partial charge on any atom is -0.340 e. The van der Waals surface area contributed by atoms with Gasteiger partial charge in [0.05, 0.1) is 0 Å². The minimum absolute atomic E-state index is 0.221. The monoisotopic (exact) mass is 358 g/mol. The standard InChI is InChI=1S/C23H22N2O2/c26-22(19-12-6-2-7-13-19)25-21(17-16-18-10-4-1-5-11-18)23(27)24-20-14-8-3-9-15-20/h1-15,21H,16-17H2,(H,24,27)(H,25,26)/t21-/m0/s1. The molecule has 4 nitrogen and oxygen atoms in total. The number of carbonyl (C=O) groups excluding carboxylic acids is 2. The van der Waals surface area contributed by atoms with Crippen LogP contribution in [0.2, 0.25) is 0 Å². The van der Waals surface area contributed by atoms with E-state index in [9.17, 15) is 9.59 Å². The highest BCUT2D eigenvalue weighted by molar-refractivity contribution is 6.01. The van der Waals surface area contributed by atoms with Gasteiger partial charge in [0.25, 0.3) is 5.91 Å². The second-order valence-electron chi connectivity index (χ2n) is 6.27. The molecule has 0 fully saturated rings. The summed E-state index contributed by atoms with van der Waals surface area (Å²) in [5, 5.41) is 5.75. The van der Waals surface area contributed by atoms with Crippen LogP contribution in [0, 0.1) is 0 Å². The second-order valence-corrected chi connectivity index (χ2v) is 6.27. The molecule has 2 N–H and O–H groups in total. The first-order chi connectivity index (χ1) is 13.2. The zero-order valence-electron chi connectivity index (χ0n) is 15.0. The van der Waals surface area contributed by atoms with E-state index >= 15 is 0 Å². The van der Waals surface area contributed by atoms with Gasteiger partial charge in [0.2, 0.25) is 5.91 Å². The molecular weight excluding hydrogens is 336 g/mol. The maximum atomic E-state index is 12.8. The molecule has 4 heteroatoms. The highest BCUT2D eigenvalue weighted by atomic mass is 16.2. The van der Waals surface area contributed by atoms with Gasteiger partial charge >= 0.3 is 0 Å². The molecule has 27 heavy (non-hydrogen) atoms. The van der Waals surface area contributed by atoms with Crippen molar-refractivity contribution in [3.63, 3.8) is 0 Å². The Balaban J connectivity index is 1.71. The summed E-state index contributed by atoms with van der Waals surface area (Å²) in [6, 6.07) is 27.5. The van der Waals surface area contributed by atoms with Gasteiger partial charge in [-0.1, -0.05) is 66.7 Å². The predicted octanol–water partition coefficient (Wildman–Crippen LogP) is 4.06. The SMILES string of the molecule is O=C(N[C@@H](CCc1ccccc1)C(=O)Nc1ccccc1)c1ccccc1. The number of benzene rings is 3. The molecule has 0 aliphatic heterocycles. The molecule has 0 bridgehead atoms. The fraction of sp³-hybridized carbons (Fsp3) is 0.130. The zero-order valence-corrected chi connectivity index (χ0v) is 15.0. The van der Waals surface area contributed by atoms with E-state index in [1.165, 1.54) is 0 Å². The maximum absolute atomic E-state index is 12.8. The van der Waals surface area contributed by atoms with E-state index in [1.807, 2.05) is 66.7 Å². The van der Waals surface area contributed by atoms with E-state index in [0.717, 1.165) is 5.56 Å². The molecule has 0 aliphatic rings. The molecule has 3 aromatic rings. The van der Waals surface area contributed by atoms with Crippen LogP contribution in [-0.2, 0) is 11.2 Å². The Bertz CT molecular complexity index is 865. The number of hydrogen-bond acceptors (Lipinski definition) is 2. The van der Waals surface area contributed by atoms with Crippen LogP contribution < -0.4 is 10.6 Å². The van der Waals surface area contributed by atoms with Crippen molar-refractivity contribution in [2.75, 3.05) is 5.32 Å². The number of amides is 2. The molecule has 0 saturated carbocycles. The van der Waals surface area contributed by atoms with E-state index in [4.69, 9.17) is 0 Å². The van der Waals surface area contributed by atoms with Crippen LogP contribution in [0.3, 0.4) is 0 Å². The van der Waals surface area contributed by atoms with Crippen LogP contribution in [-0.4, -0.2) is 17.9 Å². The first-order valence-electron chi connectivity index (χ1n) is 8.98. The maximum Gasteiger partial charge on any atom is 0.251 e. The molecule has 0 saturated heterocycles. The molecule has 136 valence electrons. The van der Waals surface area contributed by atoms with Gasteiger partial charge in [0.1, 0.15) is 6.04 Å². The van der Waals surface area contributed by atoms with E-state index in [2.05, 4.69) is 10.6 Å². The van der Waals surface area contributed by atoms with Crippen LogP contribution in [0.15, 0.2) is 91.0 Å². The Hall–Kier alpha value is -3.40. The third-order valence-corrected chi connectivity index (χ3v) is 4.26. The Morgan fingerprint density at radius 1 is 0.741 bits per heavy atom. The van der Waals surface area contributed by atoms with Crippen molar-refractivity contribution < 1.29 is 9.59 Å². The highest BCUT2D eigenvalue weighted by Crippen LogP contribution is 2.10. The van der Waals surface area contributed by atoms with Gasteiger partial charge in [-0.15, -0.1) is 0 Å². The highest BCUT2D eigenvalue weighted by Gasteiger charge is 2.21. The second kappa shape index (κ2) is 9.34. The van der Waals surface area contributed by atoms with Crippen LogP contribution in [0.1, 0.15) is 22.3 Å². The molecule has 3 rings (SSSR count). The molecular formula is C23H22N2O2. The average molecular weight is 358 g/mol. The quantitative estimate of drug-likeness (QED) is 0.669. The van der Waals surface area contributed by atoms with Crippen LogP contribution >= 0.6 is 0 Å². The Kier molecular flexibility index (Phi) is 6.36. The zero-order chi connectivity index (χ0) is 18.9. The number of hydrogen-bond donors (Lipinski definition) is 2. The third-order valence-electron chi connectivity index (χ3n) is 4.26. The fourth-order valence-electron chi connectivity index (χ4n) is 2.81. The molecule has 3 aromatic carbocycles. The van der Waals surface area contributed by atoms with Gasteiger partial charge in [0, 0.05) is 11.3 Å². The lowest BCUT2D eigenvalue weighted by molar-refractivity contribution is -0.118. The van der Waals surface area contributed by atoms with E-state index < -0.39 is 6.04 Å². The summed E-state index contributed by atoms with van der Waals surface area (Å²) in [5.41, 5.74) is 2.37. The van der Waals surface area contributed by atoms with Gasteiger partial charge in [-0.05, 0) is 42.7 Å². The molecule has 0 radical (unpaired) electrons. The van der Waals surface area contributed by atoms with Crippen LogP contribution in [0.25, 0.3) is 0 Å². The molecule has 0 heterocycles. The number of anilines is 1. The molecule has 0 aliphatic carbocycles. The number of carbonyl (C=O) groups is 2. The first kappa shape index (κ1) is 18.4. The fourth-order valence-corrected chi connectivity index (χ4v) is 2.81. The molecule has 1 atom stereocenters. The van der Waals surface area contributed by atoms with Crippen LogP contribution in [0.5, 0.6) is 0 Å². The van der Waals surface area contributed by atoms with Crippen molar-refractivity contribution in [1.82, 2.24) is 5.32 Å². The Labute approximate surface area is 159 Å². The predicted molar refractivity (Wildman–Crippen MR) is 108 cm³/mol. The van der Waals surface area contributed by atoms with Gasteiger partial charge < -0.3 is 10.6 Å². The van der Waals surface area contributed by atoms with Gasteiger partial charge in [-0.2, -0.15) is 0 Å². The Morgan fingerprint density at radius 2 is 1.30 bits per heavy atom. The van der Waals surface area contributed by atoms with E-state index in [-0.39, 0.29) is 11.8 Å². The summed E-state index contributed by atoms with van der Waals surface area (Å²) >= 11 is 0. The number of nitrogens with one attached hydrogen (secondary N) is 2. The van der Waals surface area contributed by atoms with Crippen molar-refractivity contribution in [3.8, 4) is 0 Å². The Morgan fingerprint density at radius 3 is 1.93 bits per heavy atom. The summed E-state index contributed by atoms with van der Waals surface area (Å²) in [6.45, 7) is 0. The molecule has 0 spiro atoms. The van der Waals surface area contributed by atoms with Gasteiger partial charge in [-0.25, -0.2) is 0 Å². The normalized spacial score (nSPS) is 11.4. The van der Waals surface area contributed by atoms with Gasteiger partial charge in [0.15, 0.2) is 0 Å². The summed E-state index contributed by atoms with van der Waals surface area (Å²) in [4.78, 5) is 25.3. The number of aryl methyl sites for hydroxylation is 1. The van der Waals surface area contributed by atoms with Crippen molar-refractivity contribution in [2.45, 2.75) is 18.9 Å². The molecule has 2 amide bonds. The van der Waals surface area contributed by atoms with Crippen molar-refractivity contribution in [3.05, 3.63) is 102 Å². The largest absolute Gasteiger partial charge is 0.340 e. The van der Waals surface area contributed by atoms with Crippen molar-refractivity contribution in [2.24, 2.45) is 0 Å². The summed E-state index contributed by atoms with van der Waals surface area (Å²) in [5.74, 6) is -0.474. The summed E-state index contributed by atoms with van der Waals surface area (Å²) < 4.78 is 0. The van der Waals surface area contributed by atoms with E-state index in [1.54, 1.807) is 24.3 Å². The number of rotatable bonds is 7. The smallest absolute Gasteiger partial charge is 0.251 e. The summed E-state index contributed by atoms with van der Waals surface area (Å²) in [7, 11) is 0. The summed E-state index contributed by atoms with van der Waals surface area (Å²) in [6.07, 6.45) is 1.21. The third kappa shape index (κ3) is 5.54. The van der Waals surface area contributed by atoms with Crippen molar-refractivity contribution >= 4 is 17.5 Å². The lowest BCUT2D eigenvalue weighted by atomic mass is 10.0. The van der Waals surface area contributed by atoms with E-state index in [0.29, 0.717) is 24.1 Å². The topological polar surface area (TPSA) is 58.2 Å². The molecule has 0 unspecified atom stereocenters. The molecule has 0 aromatic heterocycles. The van der Waals surface area contributed by atoms with Gasteiger partial charge in [-0.3, -0.25) is 9.59 Å². The van der Waals surface area contributed by atoms with Crippen molar-refractivity contribution in [1.29, 1.82) is 0 Å². The van der Waals surface area contributed by atoms with Crippen LogP contribution in [0.4, 0.5) is 5.69 Å².